The summed E-state index contributed by atoms with van der Waals surface area (Å²) in [6.07, 6.45) is -0.162. The quantitative estimate of drug-likeness (QED) is 0.620. The van der Waals surface area contributed by atoms with Crippen molar-refractivity contribution >= 4 is 34.2 Å². The number of aromatic amines is 1. The lowest BCUT2D eigenvalue weighted by molar-refractivity contribution is -0.148. The average molecular weight is 400 g/mol. The Bertz CT molecular complexity index is 1080. The van der Waals surface area contributed by atoms with Gasteiger partial charge in [0.05, 0.1) is 23.5 Å². The summed E-state index contributed by atoms with van der Waals surface area (Å²) in [7, 11) is 0. The zero-order chi connectivity index (χ0) is 20.1. The molecule has 1 amide bonds. The van der Waals surface area contributed by atoms with Crippen molar-refractivity contribution in [3.05, 3.63) is 75.2 Å². The van der Waals surface area contributed by atoms with Gasteiger partial charge >= 0.3 is 5.97 Å². The molecule has 0 radical (unpaired) electrons. The van der Waals surface area contributed by atoms with Crippen molar-refractivity contribution in [3.8, 4) is 0 Å². The summed E-state index contributed by atoms with van der Waals surface area (Å²) in [5, 5.41) is 10.6. The Labute approximate surface area is 165 Å². The van der Waals surface area contributed by atoms with Gasteiger partial charge in [0, 0.05) is 10.4 Å². The van der Waals surface area contributed by atoms with Crippen LogP contribution in [-0.2, 0) is 20.7 Å². The molecule has 2 N–H and O–H groups in total. The van der Waals surface area contributed by atoms with Crippen molar-refractivity contribution in [3.63, 3.8) is 0 Å². The number of aromatic nitrogens is 2. The van der Waals surface area contributed by atoms with Crippen LogP contribution in [0.3, 0.4) is 0 Å². The van der Waals surface area contributed by atoms with Crippen LogP contribution in [0.5, 0.6) is 0 Å². The predicted octanol–water partition coefficient (Wildman–Crippen LogP) is 2.54. The maximum Gasteiger partial charge on any atom is 0.312 e. The van der Waals surface area contributed by atoms with Crippen molar-refractivity contribution in [1.29, 1.82) is 0 Å². The highest BCUT2D eigenvalue weighted by Gasteiger charge is 2.16. The number of halogens is 1. The number of rotatable bonds is 6. The first kappa shape index (κ1) is 19.6. The number of amides is 1. The molecule has 0 spiro atoms. The minimum absolute atomic E-state index is 0.162. The average Bonchev–Trinajstić information content (AvgIpc) is 2.69. The van der Waals surface area contributed by atoms with Gasteiger partial charge in [-0.25, -0.2) is 5.10 Å². The first-order chi connectivity index (χ1) is 13.5. The zero-order valence-electron chi connectivity index (χ0n) is 15.1. The number of hydrogen-bond donors (Lipinski definition) is 2. The Morgan fingerprint density at radius 1 is 1.14 bits per heavy atom. The lowest BCUT2D eigenvalue weighted by Gasteiger charge is -2.15. The van der Waals surface area contributed by atoms with Gasteiger partial charge in [-0.2, -0.15) is 5.10 Å². The third kappa shape index (κ3) is 4.55. The molecule has 0 fully saturated rings. The number of carbonyl (C=O) groups is 2. The summed E-state index contributed by atoms with van der Waals surface area (Å²) in [5.41, 5.74) is 0.818. The second-order valence-electron chi connectivity index (χ2n) is 6.19. The van der Waals surface area contributed by atoms with Crippen molar-refractivity contribution in [2.75, 3.05) is 6.61 Å². The van der Waals surface area contributed by atoms with Gasteiger partial charge in [0.25, 0.3) is 11.5 Å². The Morgan fingerprint density at radius 2 is 1.82 bits per heavy atom. The van der Waals surface area contributed by atoms with Crippen LogP contribution in [0.4, 0.5) is 0 Å². The Hall–Kier alpha value is -3.19. The van der Waals surface area contributed by atoms with Crippen LogP contribution in [0.2, 0.25) is 5.02 Å². The Morgan fingerprint density at radius 3 is 2.57 bits per heavy atom. The molecule has 0 saturated heterocycles. The number of nitrogens with one attached hydrogen (secondary N) is 2. The summed E-state index contributed by atoms with van der Waals surface area (Å²) in [5.74, 6) is -1.06. The zero-order valence-corrected chi connectivity index (χ0v) is 15.8. The molecule has 7 nitrogen and oxygen atoms in total. The van der Waals surface area contributed by atoms with Crippen LogP contribution < -0.4 is 10.9 Å². The Balaban J connectivity index is 1.58. The fourth-order valence-corrected chi connectivity index (χ4v) is 3.13. The summed E-state index contributed by atoms with van der Waals surface area (Å²) in [4.78, 5) is 35.9. The number of fused-ring (bicyclic) bond motifs is 1. The van der Waals surface area contributed by atoms with Crippen molar-refractivity contribution in [2.24, 2.45) is 0 Å². The van der Waals surface area contributed by atoms with Crippen molar-refractivity contribution in [2.45, 2.75) is 19.4 Å². The van der Waals surface area contributed by atoms with E-state index in [4.69, 9.17) is 16.3 Å². The van der Waals surface area contributed by atoms with Gasteiger partial charge in [-0.15, -0.1) is 0 Å². The molecule has 28 heavy (non-hydrogen) atoms. The highest BCUT2D eigenvalue weighted by atomic mass is 35.5. The van der Waals surface area contributed by atoms with E-state index < -0.39 is 18.5 Å². The molecule has 144 valence electrons. The molecule has 1 aromatic heterocycles. The molecular formula is C20H18ClN3O4. The molecule has 0 unspecified atom stereocenters. The van der Waals surface area contributed by atoms with Crippen LogP contribution in [-0.4, -0.2) is 28.7 Å². The fourth-order valence-electron chi connectivity index (χ4n) is 2.83. The SMILES string of the molecule is C[C@H](NC(=O)COC(=O)Cc1n[nH]c(=O)c2ccccc12)c1ccccc1Cl. The van der Waals surface area contributed by atoms with Gasteiger partial charge in [-0.05, 0) is 24.6 Å². The molecule has 1 heterocycles. The largest absolute Gasteiger partial charge is 0.455 e. The second kappa shape index (κ2) is 8.67. The van der Waals surface area contributed by atoms with E-state index in [-0.39, 0.29) is 18.0 Å². The van der Waals surface area contributed by atoms with Gasteiger partial charge in [-0.3, -0.25) is 14.4 Å². The first-order valence-corrected chi connectivity index (χ1v) is 8.99. The minimum Gasteiger partial charge on any atom is -0.455 e. The van der Waals surface area contributed by atoms with E-state index in [2.05, 4.69) is 15.5 Å². The van der Waals surface area contributed by atoms with E-state index in [0.717, 1.165) is 5.56 Å². The highest BCUT2D eigenvalue weighted by molar-refractivity contribution is 6.31. The molecule has 3 aromatic rings. The number of nitrogens with zero attached hydrogens (tertiary/aromatic N) is 1. The standard InChI is InChI=1S/C20H18ClN3O4/c1-12(13-6-4-5-9-16(13)21)22-18(25)11-28-19(26)10-17-14-7-2-3-8-15(14)20(27)24-23-17/h2-9,12H,10-11H2,1H3,(H,22,25)(H,24,27)/t12-/m0/s1. The smallest absolute Gasteiger partial charge is 0.312 e. The van der Waals surface area contributed by atoms with Crippen LogP contribution in [0, 0.1) is 0 Å². The summed E-state index contributed by atoms with van der Waals surface area (Å²) < 4.78 is 5.04. The number of H-pyrrole nitrogens is 1. The van der Waals surface area contributed by atoms with E-state index in [1.807, 2.05) is 12.1 Å². The van der Waals surface area contributed by atoms with Crippen molar-refractivity contribution in [1.82, 2.24) is 15.5 Å². The second-order valence-corrected chi connectivity index (χ2v) is 6.60. The van der Waals surface area contributed by atoms with Crippen LogP contribution in [0.1, 0.15) is 24.2 Å². The molecule has 8 heteroatoms. The molecule has 1 atom stereocenters. The van der Waals surface area contributed by atoms with Crippen molar-refractivity contribution < 1.29 is 14.3 Å². The number of hydrogen-bond acceptors (Lipinski definition) is 5. The number of esters is 1. The maximum absolute atomic E-state index is 12.1. The maximum atomic E-state index is 12.1. The molecule has 2 aromatic carbocycles. The van der Waals surface area contributed by atoms with Gasteiger partial charge in [0.2, 0.25) is 0 Å². The third-order valence-corrected chi connectivity index (χ3v) is 4.54. The summed E-state index contributed by atoms with van der Waals surface area (Å²) in [6.45, 7) is 1.37. The third-order valence-electron chi connectivity index (χ3n) is 4.20. The molecular weight excluding hydrogens is 382 g/mol. The molecule has 0 saturated carbocycles. The monoisotopic (exact) mass is 399 g/mol. The lowest BCUT2D eigenvalue weighted by atomic mass is 10.1. The normalized spacial score (nSPS) is 11.8. The van der Waals surface area contributed by atoms with E-state index in [9.17, 15) is 14.4 Å². The number of benzene rings is 2. The van der Waals surface area contributed by atoms with E-state index >= 15 is 0 Å². The lowest BCUT2D eigenvalue weighted by Crippen LogP contribution is -2.31. The van der Waals surface area contributed by atoms with E-state index in [1.54, 1.807) is 43.3 Å². The number of ether oxygens (including phenoxy) is 1. The highest BCUT2D eigenvalue weighted by Crippen LogP contribution is 2.22. The van der Waals surface area contributed by atoms with Gasteiger partial charge in [-0.1, -0.05) is 48.0 Å². The first-order valence-electron chi connectivity index (χ1n) is 8.61. The molecule has 0 aliphatic carbocycles. The van der Waals surface area contributed by atoms with Gasteiger partial charge in [0.15, 0.2) is 6.61 Å². The van der Waals surface area contributed by atoms with Crippen LogP contribution >= 0.6 is 11.6 Å². The minimum atomic E-state index is -0.620. The predicted molar refractivity (Wildman–Crippen MR) is 105 cm³/mol. The molecule has 3 rings (SSSR count). The summed E-state index contributed by atoms with van der Waals surface area (Å²) >= 11 is 6.11. The Kier molecular flexibility index (Phi) is 6.06. The van der Waals surface area contributed by atoms with E-state index in [1.165, 1.54) is 0 Å². The topological polar surface area (TPSA) is 101 Å². The fraction of sp³-hybridized carbons (Fsp3) is 0.200. The van der Waals surface area contributed by atoms with E-state index in [0.29, 0.717) is 21.5 Å². The van der Waals surface area contributed by atoms with Gasteiger partial charge < -0.3 is 10.1 Å². The summed E-state index contributed by atoms with van der Waals surface area (Å²) in [6, 6.07) is 13.7. The molecule has 0 aliphatic heterocycles. The van der Waals surface area contributed by atoms with Gasteiger partial charge in [0.1, 0.15) is 0 Å². The van der Waals surface area contributed by atoms with Crippen LogP contribution in [0.25, 0.3) is 10.8 Å². The molecule has 0 aliphatic rings. The number of carbonyl (C=O) groups excluding carboxylic acids is 2. The molecule has 0 bridgehead atoms. The van der Waals surface area contributed by atoms with Crippen LogP contribution in [0.15, 0.2) is 53.3 Å².